The van der Waals surface area contributed by atoms with E-state index >= 15 is 0 Å². The van der Waals surface area contributed by atoms with Crippen LogP contribution in [0.2, 0.25) is 5.02 Å². The van der Waals surface area contributed by atoms with Crippen LogP contribution in [0.25, 0.3) is 0 Å². The minimum atomic E-state index is -0.474. The van der Waals surface area contributed by atoms with Gasteiger partial charge in [-0.05, 0) is 24.0 Å². The predicted molar refractivity (Wildman–Crippen MR) is 85.7 cm³/mol. The highest BCUT2D eigenvalue weighted by molar-refractivity contribution is 8.00. The molecule has 0 spiro atoms. The van der Waals surface area contributed by atoms with Crippen LogP contribution in [0.15, 0.2) is 29.3 Å². The number of likely N-dealkylation sites (N-methyl/N-ethyl adjacent to an activating group) is 1. The van der Waals surface area contributed by atoms with Gasteiger partial charge >= 0.3 is 6.03 Å². The van der Waals surface area contributed by atoms with Crippen molar-refractivity contribution in [3.63, 3.8) is 0 Å². The molecule has 1 aliphatic heterocycles. The lowest BCUT2D eigenvalue weighted by Gasteiger charge is -2.20. The maximum Gasteiger partial charge on any atom is 0.326 e. The van der Waals surface area contributed by atoms with E-state index in [-0.39, 0.29) is 17.2 Å². The first-order valence-corrected chi connectivity index (χ1v) is 7.74. The highest BCUT2D eigenvalue weighted by Gasteiger charge is 2.33. The average Bonchev–Trinajstić information content (AvgIpc) is 2.67. The van der Waals surface area contributed by atoms with Gasteiger partial charge in [-0.25, -0.2) is 4.79 Å². The molecule has 112 valence electrons. The molecule has 21 heavy (non-hydrogen) atoms. The number of aliphatic imine (C=N–C) groups is 1. The lowest BCUT2D eigenvalue weighted by Crippen LogP contribution is -2.44. The molecular weight excluding hydrogens is 312 g/mol. The molecule has 0 saturated heterocycles. The van der Waals surface area contributed by atoms with Crippen LogP contribution >= 0.6 is 23.4 Å². The second-order valence-electron chi connectivity index (χ2n) is 4.28. The standard InChI is InChI=1S/C13H15ClN4O2S/c1-3-21-11-10(19)16-12(18(11)2)17-13(20)15-9-6-4-5-8(14)7-9/h4-7,11H,3H2,1-2H3,(H2,15,16,17,19,20). The van der Waals surface area contributed by atoms with Crippen LogP contribution in [0.4, 0.5) is 10.5 Å². The van der Waals surface area contributed by atoms with Crippen LogP contribution in [0.3, 0.4) is 0 Å². The molecule has 2 rings (SSSR count). The molecule has 3 amide bonds. The Kier molecular flexibility index (Phi) is 5.08. The molecule has 0 aliphatic carbocycles. The normalized spacial score (nSPS) is 17.7. The second-order valence-corrected chi connectivity index (χ2v) is 6.08. The number of carbonyl (C=O) groups excluding carboxylic acids is 2. The minimum Gasteiger partial charge on any atom is -0.324 e. The van der Waals surface area contributed by atoms with E-state index < -0.39 is 6.03 Å². The Morgan fingerprint density at radius 2 is 2.24 bits per heavy atom. The summed E-state index contributed by atoms with van der Waals surface area (Å²) < 4.78 is 0. The van der Waals surface area contributed by atoms with Gasteiger partial charge < -0.3 is 10.2 Å². The van der Waals surface area contributed by atoms with Crippen molar-refractivity contribution in [3.8, 4) is 0 Å². The molecule has 0 bridgehead atoms. The van der Waals surface area contributed by atoms with E-state index in [1.54, 1.807) is 36.2 Å². The molecule has 1 atom stereocenters. The van der Waals surface area contributed by atoms with Crippen molar-refractivity contribution < 1.29 is 9.59 Å². The molecule has 0 fully saturated rings. The first kappa shape index (κ1) is 15.7. The van der Waals surface area contributed by atoms with Crippen molar-refractivity contribution >= 4 is 46.9 Å². The maximum atomic E-state index is 11.9. The van der Waals surface area contributed by atoms with Crippen LogP contribution in [0.5, 0.6) is 0 Å². The van der Waals surface area contributed by atoms with Crippen molar-refractivity contribution in [2.24, 2.45) is 4.99 Å². The van der Waals surface area contributed by atoms with Crippen LogP contribution in [0.1, 0.15) is 6.92 Å². The molecule has 1 aromatic carbocycles. The van der Waals surface area contributed by atoms with Gasteiger partial charge in [-0.15, -0.1) is 11.8 Å². The number of carbonyl (C=O) groups is 2. The molecule has 2 N–H and O–H groups in total. The number of amides is 3. The largest absolute Gasteiger partial charge is 0.326 e. The summed E-state index contributed by atoms with van der Waals surface area (Å²) in [6.45, 7) is 1.96. The van der Waals surface area contributed by atoms with Crippen LogP contribution < -0.4 is 10.6 Å². The molecule has 0 saturated carbocycles. The lowest BCUT2D eigenvalue weighted by molar-refractivity contribution is -0.117. The van der Waals surface area contributed by atoms with Gasteiger partial charge in [-0.3, -0.25) is 10.1 Å². The van der Waals surface area contributed by atoms with Crippen LogP contribution in [-0.2, 0) is 4.79 Å². The molecular formula is C13H15ClN4O2S. The van der Waals surface area contributed by atoms with Gasteiger partial charge in [0.25, 0.3) is 5.91 Å². The molecule has 1 aliphatic rings. The van der Waals surface area contributed by atoms with Crippen molar-refractivity contribution in [2.75, 3.05) is 18.1 Å². The van der Waals surface area contributed by atoms with Crippen molar-refractivity contribution in [1.29, 1.82) is 0 Å². The SMILES string of the molecule is CCSC1C(=O)N=C(NC(=O)Nc2cccc(Cl)c2)N1C. The lowest BCUT2D eigenvalue weighted by atomic mass is 10.3. The Labute approximate surface area is 131 Å². The third-order valence-corrected chi connectivity index (χ3v) is 4.15. The summed E-state index contributed by atoms with van der Waals surface area (Å²) in [5, 5.41) is 5.34. The molecule has 6 nitrogen and oxygen atoms in total. The van der Waals surface area contributed by atoms with Gasteiger partial charge in [-0.1, -0.05) is 24.6 Å². The monoisotopic (exact) mass is 326 g/mol. The Balaban J connectivity index is 1.97. The van der Waals surface area contributed by atoms with E-state index in [1.807, 2.05) is 6.92 Å². The fourth-order valence-electron chi connectivity index (χ4n) is 1.80. The van der Waals surface area contributed by atoms with Crippen molar-refractivity contribution in [3.05, 3.63) is 29.3 Å². The Morgan fingerprint density at radius 1 is 1.48 bits per heavy atom. The zero-order chi connectivity index (χ0) is 15.4. The van der Waals surface area contributed by atoms with E-state index in [1.165, 1.54) is 11.8 Å². The fourth-order valence-corrected chi connectivity index (χ4v) is 2.83. The van der Waals surface area contributed by atoms with Gasteiger partial charge in [0.15, 0.2) is 5.37 Å². The number of thioether (sulfide) groups is 1. The van der Waals surface area contributed by atoms with Crippen molar-refractivity contribution in [1.82, 2.24) is 10.2 Å². The highest BCUT2D eigenvalue weighted by atomic mass is 35.5. The zero-order valence-corrected chi connectivity index (χ0v) is 13.2. The number of halogens is 1. The first-order chi connectivity index (χ1) is 10.0. The smallest absolute Gasteiger partial charge is 0.324 e. The summed E-state index contributed by atoms with van der Waals surface area (Å²) >= 11 is 7.31. The van der Waals surface area contributed by atoms with Gasteiger partial charge in [0.05, 0.1) is 0 Å². The van der Waals surface area contributed by atoms with E-state index in [4.69, 9.17) is 11.6 Å². The Hall–Kier alpha value is -1.73. The summed E-state index contributed by atoms with van der Waals surface area (Å²) in [4.78, 5) is 29.1. The summed E-state index contributed by atoms with van der Waals surface area (Å²) in [5.74, 6) is 0.769. The third kappa shape index (κ3) is 3.89. The minimum absolute atomic E-state index is 0.241. The van der Waals surface area contributed by atoms with E-state index in [2.05, 4.69) is 15.6 Å². The fraction of sp³-hybridized carbons (Fsp3) is 0.308. The van der Waals surface area contributed by atoms with E-state index in [0.717, 1.165) is 5.75 Å². The average molecular weight is 327 g/mol. The number of nitrogens with one attached hydrogen (secondary N) is 2. The summed E-state index contributed by atoms with van der Waals surface area (Å²) in [5.41, 5.74) is 0.562. The number of anilines is 1. The molecule has 0 radical (unpaired) electrons. The van der Waals surface area contributed by atoms with E-state index in [9.17, 15) is 9.59 Å². The van der Waals surface area contributed by atoms with Gasteiger partial charge in [0.1, 0.15) is 0 Å². The molecule has 8 heteroatoms. The number of hydrogen-bond acceptors (Lipinski definition) is 4. The molecule has 1 aromatic rings. The molecule has 1 heterocycles. The quantitative estimate of drug-likeness (QED) is 0.894. The molecule has 1 unspecified atom stereocenters. The number of hydrogen-bond donors (Lipinski definition) is 2. The highest BCUT2D eigenvalue weighted by Crippen LogP contribution is 2.20. The van der Waals surface area contributed by atoms with Gasteiger partial charge in [0, 0.05) is 17.8 Å². The number of guanidine groups is 1. The Bertz CT molecular complexity index is 593. The summed E-state index contributed by atoms with van der Waals surface area (Å²) in [6, 6.07) is 6.31. The van der Waals surface area contributed by atoms with Gasteiger partial charge in [0.2, 0.25) is 5.96 Å². The number of urea groups is 1. The van der Waals surface area contributed by atoms with Crippen molar-refractivity contribution in [2.45, 2.75) is 12.3 Å². The second kappa shape index (κ2) is 6.82. The predicted octanol–water partition coefficient (Wildman–Crippen LogP) is 2.37. The third-order valence-electron chi connectivity index (χ3n) is 2.75. The number of nitrogens with zero attached hydrogens (tertiary/aromatic N) is 2. The van der Waals surface area contributed by atoms with E-state index in [0.29, 0.717) is 10.7 Å². The van der Waals surface area contributed by atoms with Crippen LogP contribution in [-0.4, -0.2) is 41.0 Å². The maximum absolute atomic E-state index is 11.9. The number of rotatable bonds is 3. The zero-order valence-electron chi connectivity index (χ0n) is 11.6. The summed E-state index contributed by atoms with van der Waals surface area (Å²) in [7, 11) is 1.72. The Morgan fingerprint density at radius 3 is 2.90 bits per heavy atom. The number of benzene rings is 1. The van der Waals surface area contributed by atoms with Crippen LogP contribution in [0, 0.1) is 0 Å². The summed E-state index contributed by atoms with van der Waals surface area (Å²) in [6.07, 6.45) is 0. The first-order valence-electron chi connectivity index (χ1n) is 6.31. The topological polar surface area (TPSA) is 73.8 Å². The van der Waals surface area contributed by atoms with Gasteiger partial charge in [-0.2, -0.15) is 4.99 Å². The molecule has 0 aromatic heterocycles.